The number of hydrogen-bond donors (Lipinski definition) is 1. The molecule has 4 nitrogen and oxygen atoms in total. The van der Waals surface area contributed by atoms with E-state index in [0.717, 1.165) is 6.26 Å². The Kier molecular flexibility index (Phi) is 3.48. The highest BCUT2D eigenvalue weighted by molar-refractivity contribution is 7.13. The van der Waals surface area contributed by atoms with Gasteiger partial charge in [-0.25, -0.2) is 14.2 Å². The van der Waals surface area contributed by atoms with Crippen LogP contribution in [0.5, 0.6) is 0 Å². The van der Waals surface area contributed by atoms with Crippen LogP contribution in [0.2, 0.25) is 5.02 Å². The third-order valence-electron chi connectivity index (χ3n) is 2.76. The van der Waals surface area contributed by atoms with Crippen molar-refractivity contribution >= 4 is 28.9 Å². The first-order chi connectivity index (χ1) is 10.0. The Morgan fingerprint density at radius 2 is 2.19 bits per heavy atom. The number of nitrogens with zero attached hydrogens (tertiary/aromatic N) is 1. The number of thiazole rings is 1. The van der Waals surface area contributed by atoms with Gasteiger partial charge >= 0.3 is 5.97 Å². The van der Waals surface area contributed by atoms with Gasteiger partial charge in [-0.15, -0.1) is 11.3 Å². The van der Waals surface area contributed by atoms with Crippen molar-refractivity contribution in [2.75, 3.05) is 0 Å². The molecule has 0 spiro atoms. The van der Waals surface area contributed by atoms with Gasteiger partial charge in [-0.3, -0.25) is 0 Å². The van der Waals surface area contributed by atoms with E-state index in [-0.39, 0.29) is 10.6 Å². The van der Waals surface area contributed by atoms with Gasteiger partial charge < -0.3 is 9.52 Å². The maximum absolute atomic E-state index is 13.0. The molecule has 0 aliphatic rings. The summed E-state index contributed by atoms with van der Waals surface area (Å²) in [6.07, 6.45) is 1.15. The first kappa shape index (κ1) is 13.8. The van der Waals surface area contributed by atoms with Crippen molar-refractivity contribution < 1.29 is 18.7 Å². The topological polar surface area (TPSA) is 63.3 Å². The predicted molar refractivity (Wildman–Crippen MR) is 77.2 cm³/mol. The molecular weight excluding hydrogens is 317 g/mol. The Hall–Kier alpha value is -2.18. The van der Waals surface area contributed by atoms with Gasteiger partial charge in [-0.2, -0.15) is 0 Å². The third kappa shape index (κ3) is 2.68. The number of carboxylic acids is 1. The first-order valence-corrected chi connectivity index (χ1v) is 7.03. The zero-order chi connectivity index (χ0) is 15.0. The van der Waals surface area contributed by atoms with Gasteiger partial charge in [0.1, 0.15) is 22.8 Å². The van der Waals surface area contributed by atoms with Gasteiger partial charge in [-0.05, 0) is 18.2 Å². The fraction of sp³-hybridized carbons (Fsp3) is 0. The monoisotopic (exact) mass is 323 g/mol. The fourth-order valence-electron chi connectivity index (χ4n) is 1.76. The number of hydrogen-bond acceptors (Lipinski definition) is 4. The lowest BCUT2D eigenvalue weighted by Gasteiger charge is -1.99. The second kappa shape index (κ2) is 5.31. The average Bonchev–Trinajstić information content (AvgIpc) is 3.07. The van der Waals surface area contributed by atoms with E-state index in [1.165, 1.54) is 29.5 Å². The Bertz CT molecular complexity index is 827. The molecular formula is C14H7ClFNO3S. The van der Waals surface area contributed by atoms with Crippen LogP contribution >= 0.6 is 22.9 Å². The summed E-state index contributed by atoms with van der Waals surface area (Å²) < 4.78 is 18.2. The molecule has 0 fully saturated rings. The Morgan fingerprint density at radius 1 is 1.38 bits per heavy atom. The summed E-state index contributed by atoms with van der Waals surface area (Å²) in [6.45, 7) is 0. The van der Waals surface area contributed by atoms with Gasteiger partial charge in [0.05, 0.1) is 10.6 Å². The van der Waals surface area contributed by atoms with Crippen LogP contribution < -0.4 is 0 Å². The van der Waals surface area contributed by atoms with Crippen LogP contribution in [0.3, 0.4) is 0 Å². The number of furan rings is 1. The molecule has 106 valence electrons. The van der Waals surface area contributed by atoms with Crippen LogP contribution in [0.4, 0.5) is 4.39 Å². The maximum Gasteiger partial charge on any atom is 0.338 e. The highest BCUT2D eigenvalue weighted by Crippen LogP contribution is 2.34. The molecule has 2 heterocycles. The molecule has 0 saturated heterocycles. The van der Waals surface area contributed by atoms with E-state index in [9.17, 15) is 9.18 Å². The number of aromatic nitrogens is 1. The Labute approximate surface area is 127 Å². The van der Waals surface area contributed by atoms with Crippen molar-refractivity contribution in [3.63, 3.8) is 0 Å². The zero-order valence-electron chi connectivity index (χ0n) is 10.3. The van der Waals surface area contributed by atoms with Crippen LogP contribution in [0, 0.1) is 5.82 Å². The summed E-state index contributed by atoms with van der Waals surface area (Å²) in [7, 11) is 0. The summed E-state index contributed by atoms with van der Waals surface area (Å²) >= 11 is 7.30. The van der Waals surface area contributed by atoms with Gasteiger partial charge in [0.15, 0.2) is 5.76 Å². The summed E-state index contributed by atoms with van der Waals surface area (Å²) in [4.78, 5) is 15.2. The highest BCUT2D eigenvalue weighted by Gasteiger charge is 2.14. The van der Waals surface area contributed by atoms with Gasteiger partial charge in [-0.1, -0.05) is 11.6 Å². The van der Waals surface area contributed by atoms with Crippen molar-refractivity contribution in [1.82, 2.24) is 4.98 Å². The van der Waals surface area contributed by atoms with Crippen LogP contribution in [-0.2, 0) is 0 Å². The molecule has 0 radical (unpaired) electrons. The summed E-state index contributed by atoms with van der Waals surface area (Å²) in [5.41, 5.74) is 1.17. The van der Waals surface area contributed by atoms with Gasteiger partial charge in [0, 0.05) is 17.0 Å². The van der Waals surface area contributed by atoms with Gasteiger partial charge in [0.25, 0.3) is 0 Å². The molecule has 0 aliphatic heterocycles. The largest absolute Gasteiger partial charge is 0.478 e. The first-order valence-electron chi connectivity index (χ1n) is 5.78. The minimum atomic E-state index is -1.07. The standard InChI is InChI=1S/C14H7ClFNO3S/c15-10-4-8(16)1-2-9(10)13-17-11(6-21-13)12-3-7(5-20-12)14(18)19/h1-6H,(H,18,19). The normalized spacial score (nSPS) is 10.8. The molecule has 0 atom stereocenters. The lowest BCUT2D eigenvalue weighted by molar-refractivity contribution is 0.0696. The van der Waals surface area contributed by atoms with Crippen LogP contribution in [0.1, 0.15) is 10.4 Å². The molecule has 1 N–H and O–H groups in total. The molecule has 0 amide bonds. The van der Waals surface area contributed by atoms with Crippen molar-refractivity contribution in [2.45, 2.75) is 0 Å². The van der Waals surface area contributed by atoms with E-state index >= 15 is 0 Å². The summed E-state index contributed by atoms with van der Waals surface area (Å²) in [6, 6.07) is 5.46. The molecule has 0 bridgehead atoms. The Balaban J connectivity index is 1.97. The minimum Gasteiger partial charge on any atom is -0.478 e. The third-order valence-corrected chi connectivity index (χ3v) is 3.95. The van der Waals surface area contributed by atoms with E-state index in [1.807, 2.05) is 0 Å². The molecule has 3 rings (SSSR count). The average molecular weight is 324 g/mol. The molecule has 3 aromatic rings. The molecule has 0 aliphatic carbocycles. The lowest BCUT2D eigenvalue weighted by Crippen LogP contribution is -1.91. The number of benzene rings is 1. The SMILES string of the molecule is O=C(O)c1coc(-c2csc(-c3ccc(F)cc3Cl)n2)c1. The van der Waals surface area contributed by atoms with E-state index in [4.69, 9.17) is 21.1 Å². The molecule has 0 saturated carbocycles. The lowest BCUT2D eigenvalue weighted by atomic mass is 10.2. The quantitative estimate of drug-likeness (QED) is 0.767. The molecule has 2 aromatic heterocycles. The van der Waals surface area contributed by atoms with Gasteiger partial charge in [0.2, 0.25) is 0 Å². The molecule has 0 unspecified atom stereocenters. The van der Waals surface area contributed by atoms with Crippen LogP contribution in [0.25, 0.3) is 22.0 Å². The van der Waals surface area contributed by atoms with Crippen LogP contribution in [-0.4, -0.2) is 16.1 Å². The number of aromatic carboxylic acids is 1. The summed E-state index contributed by atoms with van der Waals surface area (Å²) in [5, 5.41) is 11.4. The fourth-order valence-corrected chi connectivity index (χ4v) is 2.92. The second-order valence-corrected chi connectivity index (χ2v) is 5.43. The van der Waals surface area contributed by atoms with Crippen molar-refractivity contribution in [3.8, 4) is 22.0 Å². The van der Waals surface area contributed by atoms with Crippen molar-refractivity contribution in [3.05, 3.63) is 52.3 Å². The predicted octanol–water partition coefficient (Wildman–Crippen LogP) is 4.56. The van der Waals surface area contributed by atoms with Crippen molar-refractivity contribution in [2.24, 2.45) is 0 Å². The van der Waals surface area contributed by atoms with E-state index in [2.05, 4.69) is 4.98 Å². The number of halogens is 2. The van der Waals surface area contributed by atoms with E-state index in [0.29, 0.717) is 22.0 Å². The second-order valence-electron chi connectivity index (χ2n) is 4.17. The molecule has 7 heteroatoms. The molecule has 1 aromatic carbocycles. The number of rotatable bonds is 3. The Morgan fingerprint density at radius 3 is 2.86 bits per heavy atom. The van der Waals surface area contributed by atoms with E-state index in [1.54, 1.807) is 11.4 Å². The number of carboxylic acid groups (broad SMARTS) is 1. The summed E-state index contributed by atoms with van der Waals surface area (Å²) in [5.74, 6) is -1.13. The zero-order valence-corrected chi connectivity index (χ0v) is 11.9. The number of carbonyl (C=O) groups is 1. The van der Waals surface area contributed by atoms with E-state index < -0.39 is 11.8 Å². The highest BCUT2D eigenvalue weighted by atomic mass is 35.5. The maximum atomic E-state index is 13.0. The molecule has 21 heavy (non-hydrogen) atoms. The minimum absolute atomic E-state index is 0.0550. The van der Waals surface area contributed by atoms with Crippen molar-refractivity contribution in [1.29, 1.82) is 0 Å². The van der Waals surface area contributed by atoms with Crippen LogP contribution in [0.15, 0.2) is 40.3 Å². The smallest absolute Gasteiger partial charge is 0.338 e.